The highest BCUT2D eigenvalue weighted by molar-refractivity contribution is 6.21. The van der Waals surface area contributed by atoms with Gasteiger partial charge in [0, 0.05) is 5.56 Å². The normalized spacial score (nSPS) is 13.4. The second-order valence-electron chi connectivity index (χ2n) is 7.24. The second kappa shape index (κ2) is 9.26. The first kappa shape index (κ1) is 21.0. The van der Waals surface area contributed by atoms with Crippen molar-refractivity contribution in [2.45, 2.75) is 12.5 Å². The third-order valence-electron chi connectivity index (χ3n) is 5.15. The molecule has 32 heavy (non-hydrogen) atoms. The van der Waals surface area contributed by atoms with E-state index in [-0.39, 0.29) is 23.5 Å². The Kier molecular flexibility index (Phi) is 6.07. The van der Waals surface area contributed by atoms with Crippen LogP contribution in [-0.4, -0.2) is 35.3 Å². The van der Waals surface area contributed by atoms with Gasteiger partial charge in [-0.2, -0.15) is 0 Å². The first-order chi connectivity index (χ1) is 15.5. The lowest BCUT2D eigenvalue weighted by atomic mass is 10.0. The molecule has 1 atom stereocenters. The largest absolute Gasteiger partial charge is 0.444 e. The smallest absolute Gasteiger partial charge is 0.309 e. The van der Waals surface area contributed by atoms with Crippen LogP contribution in [0.5, 0.6) is 0 Å². The number of esters is 1. The van der Waals surface area contributed by atoms with Crippen LogP contribution in [0.25, 0.3) is 0 Å². The van der Waals surface area contributed by atoms with Crippen LogP contribution in [0.1, 0.15) is 49.1 Å². The Morgan fingerprint density at radius 3 is 1.91 bits per heavy atom. The van der Waals surface area contributed by atoms with Crippen molar-refractivity contribution < 1.29 is 23.9 Å². The van der Waals surface area contributed by atoms with Gasteiger partial charge in [0.05, 0.1) is 23.6 Å². The summed E-state index contributed by atoms with van der Waals surface area (Å²) in [5.74, 6) is -1.98. The van der Waals surface area contributed by atoms with Gasteiger partial charge >= 0.3 is 5.97 Å². The van der Waals surface area contributed by atoms with Crippen molar-refractivity contribution in [3.8, 4) is 0 Å². The number of ether oxygens (including phenoxy) is 1. The predicted octanol–water partition coefficient (Wildman–Crippen LogP) is 3.34. The number of hydrogen-bond acceptors (Lipinski definition) is 5. The van der Waals surface area contributed by atoms with Crippen LogP contribution in [0.4, 0.5) is 0 Å². The first-order valence-electron chi connectivity index (χ1n) is 10.1. The summed E-state index contributed by atoms with van der Waals surface area (Å²) in [4.78, 5) is 50.9. The maximum Gasteiger partial charge on any atom is 0.309 e. The zero-order valence-electron chi connectivity index (χ0n) is 17.1. The molecule has 1 aliphatic rings. The molecule has 3 aromatic carbocycles. The Bertz CT molecular complexity index is 1130. The highest BCUT2D eigenvalue weighted by Gasteiger charge is 2.36. The van der Waals surface area contributed by atoms with Gasteiger partial charge in [-0.3, -0.25) is 19.2 Å². The molecule has 3 amide bonds. The zero-order chi connectivity index (χ0) is 22.5. The lowest BCUT2D eigenvalue weighted by molar-refractivity contribution is -0.146. The van der Waals surface area contributed by atoms with Crippen molar-refractivity contribution >= 4 is 23.7 Å². The van der Waals surface area contributed by atoms with Crippen LogP contribution in [0.15, 0.2) is 84.9 Å². The molecule has 0 spiro atoms. The van der Waals surface area contributed by atoms with Gasteiger partial charge < -0.3 is 10.1 Å². The fourth-order valence-electron chi connectivity index (χ4n) is 3.49. The summed E-state index contributed by atoms with van der Waals surface area (Å²) >= 11 is 0. The average Bonchev–Trinajstić information content (AvgIpc) is 3.08. The molecule has 4 rings (SSSR count). The number of carbonyl (C=O) groups excluding carboxylic acids is 4. The Balaban J connectivity index is 1.42. The molecular formula is C25H20N2O5. The summed E-state index contributed by atoms with van der Waals surface area (Å²) in [6, 6.07) is 23.5. The van der Waals surface area contributed by atoms with E-state index in [1.54, 1.807) is 72.8 Å². The SMILES string of the molecule is O=C(CC(NC(=O)c1ccccc1)c1ccccc1)OCN1C(=O)c2ccccc2C1=O. The van der Waals surface area contributed by atoms with Gasteiger partial charge in [-0.15, -0.1) is 0 Å². The van der Waals surface area contributed by atoms with Gasteiger partial charge in [0.1, 0.15) is 0 Å². The van der Waals surface area contributed by atoms with E-state index in [0.29, 0.717) is 5.56 Å². The number of amides is 3. The maximum absolute atomic E-state index is 12.6. The van der Waals surface area contributed by atoms with E-state index < -0.39 is 30.6 Å². The Hall–Kier alpha value is -4.26. The lowest BCUT2D eigenvalue weighted by Gasteiger charge is -2.20. The number of nitrogens with zero attached hydrogens (tertiary/aromatic N) is 1. The minimum Gasteiger partial charge on any atom is -0.444 e. The fourth-order valence-corrected chi connectivity index (χ4v) is 3.49. The summed E-state index contributed by atoms with van der Waals surface area (Å²) in [5, 5.41) is 2.85. The molecule has 3 aromatic rings. The van der Waals surface area contributed by atoms with Gasteiger partial charge in [-0.25, -0.2) is 4.90 Å². The minimum atomic E-state index is -0.649. The summed E-state index contributed by atoms with van der Waals surface area (Å²) in [6.45, 7) is -0.487. The molecule has 0 saturated heterocycles. The van der Waals surface area contributed by atoms with Crippen molar-refractivity contribution in [2.75, 3.05) is 6.73 Å². The molecule has 0 aromatic heterocycles. The highest BCUT2D eigenvalue weighted by atomic mass is 16.5. The predicted molar refractivity (Wildman–Crippen MR) is 116 cm³/mol. The number of nitrogens with one attached hydrogen (secondary N) is 1. The zero-order valence-corrected chi connectivity index (χ0v) is 17.1. The number of benzene rings is 3. The molecule has 0 saturated carbocycles. The summed E-state index contributed by atoms with van der Waals surface area (Å²) in [7, 11) is 0. The Morgan fingerprint density at radius 2 is 1.31 bits per heavy atom. The molecule has 0 radical (unpaired) electrons. The molecule has 7 heteroatoms. The van der Waals surface area contributed by atoms with Crippen molar-refractivity contribution in [1.29, 1.82) is 0 Å². The monoisotopic (exact) mass is 428 g/mol. The van der Waals surface area contributed by atoms with E-state index >= 15 is 0 Å². The van der Waals surface area contributed by atoms with Crippen molar-refractivity contribution in [3.05, 3.63) is 107 Å². The highest BCUT2D eigenvalue weighted by Crippen LogP contribution is 2.23. The van der Waals surface area contributed by atoms with E-state index in [1.165, 1.54) is 0 Å². The van der Waals surface area contributed by atoms with Crippen LogP contribution in [0.3, 0.4) is 0 Å². The summed E-state index contributed by atoms with van der Waals surface area (Å²) in [6.07, 6.45) is -0.161. The van der Waals surface area contributed by atoms with Crippen LogP contribution in [-0.2, 0) is 9.53 Å². The molecule has 1 heterocycles. The summed E-state index contributed by atoms with van der Waals surface area (Å²) in [5.41, 5.74) is 1.76. The molecular weight excluding hydrogens is 408 g/mol. The molecule has 0 bridgehead atoms. The van der Waals surface area contributed by atoms with Crippen molar-refractivity contribution in [1.82, 2.24) is 10.2 Å². The van der Waals surface area contributed by atoms with Crippen LogP contribution in [0, 0.1) is 0 Å². The van der Waals surface area contributed by atoms with E-state index in [0.717, 1.165) is 10.5 Å². The fraction of sp³-hybridized carbons (Fsp3) is 0.120. The molecule has 1 unspecified atom stereocenters. The van der Waals surface area contributed by atoms with E-state index in [4.69, 9.17) is 4.74 Å². The van der Waals surface area contributed by atoms with Gasteiger partial charge in [-0.1, -0.05) is 60.7 Å². The van der Waals surface area contributed by atoms with E-state index in [9.17, 15) is 19.2 Å². The molecule has 160 valence electrons. The van der Waals surface area contributed by atoms with E-state index in [2.05, 4.69) is 5.32 Å². The van der Waals surface area contributed by atoms with Crippen molar-refractivity contribution in [3.63, 3.8) is 0 Å². The number of carbonyl (C=O) groups is 4. The molecule has 0 aliphatic carbocycles. The van der Waals surface area contributed by atoms with E-state index in [1.807, 2.05) is 12.1 Å². The molecule has 1 aliphatic heterocycles. The number of imide groups is 1. The average molecular weight is 428 g/mol. The third-order valence-corrected chi connectivity index (χ3v) is 5.15. The number of hydrogen-bond donors (Lipinski definition) is 1. The Labute approximate surface area is 184 Å². The summed E-state index contributed by atoms with van der Waals surface area (Å²) < 4.78 is 5.23. The number of rotatable bonds is 7. The van der Waals surface area contributed by atoms with Crippen LogP contribution in [0.2, 0.25) is 0 Å². The van der Waals surface area contributed by atoms with Gasteiger partial charge in [0.25, 0.3) is 17.7 Å². The molecule has 0 fully saturated rings. The van der Waals surface area contributed by atoms with Gasteiger partial charge in [-0.05, 0) is 29.8 Å². The minimum absolute atomic E-state index is 0.161. The quantitative estimate of drug-likeness (QED) is 0.460. The second-order valence-corrected chi connectivity index (χ2v) is 7.24. The lowest BCUT2D eigenvalue weighted by Crippen LogP contribution is -2.35. The van der Waals surface area contributed by atoms with Crippen LogP contribution >= 0.6 is 0 Å². The number of fused-ring (bicyclic) bond motifs is 1. The van der Waals surface area contributed by atoms with Gasteiger partial charge in [0.15, 0.2) is 6.73 Å². The molecule has 7 nitrogen and oxygen atoms in total. The van der Waals surface area contributed by atoms with Gasteiger partial charge in [0.2, 0.25) is 0 Å². The Morgan fingerprint density at radius 1 is 0.781 bits per heavy atom. The maximum atomic E-state index is 12.6. The molecule has 1 N–H and O–H groups in total. The standard InChI is InChI=1S/C25H20N2O5/c28-22(32-16-27-24(30)19-13-7-8-14-20(19)25(27)31)15-21(17-9-3-1-4-10-17)26-23(29)18-11-5-2-6-12-18/h1-14,21H,15-16H2,(H,26,29). The first-order valence-corrected chi connectivity index (χ1v) is 10.1. The third kappa shape index (κ3) is 4.41. The topological polar surface area (TPSA) is 92.8 Å². The van der Waals surface area contributed by atoms with Crippen molar-refractivity contribution in [2.24, 2.45) is 0 Å². The van der Waals surface area contributed by atoms with Crippen LogP contribution < -0.4 is 5.32 Å².